The van der Waals surface area contributed by atoms with Crippen molar-refractivity contribution in [2.45, 2.75) is 6.42 Å². The molecule has 0 amide bonds. The first-order valence-electron chi connectivity index (χ1n) is 6.40. The second kappa shape index (κ2) is 5.80. The van der Waals surface area contributed by atoms with Gasteiger partial charge in [-0.1, -0.05) is 11.6 Å². The van der Waals surface area contributed by atoms with Gasteiger partial charge in [-0.15, -0.1) is 0 Å². The monoisotopic (exact) mass is 282 g/mol. The van der Waals surface area contributed by atoms with Gasteiger partial charge in [-0.3, -0.25) is 0 Å². The van der Waals surface area contributed by atoms with Gasteiger partial charge in [-0.05, 0) is 44.1 Å². The molecule has 19 heavy (non-hydrogen) atoms. The highest BCUT2D eigenvalue weighted by Gasteiger charge is 2.22. The Bertz CT molecular complexity index is 479. The maximum Gasteiger partial charge on any atom is 0.337 e. The van der Waals surface area contributed by atoms with Crippen LogP contribution in [0.3, 0.4) is 0 Å². The van der Waals surface area contributed by atoms with Crippen LogP contribution in [0.5, 0.6) is 0 Å². The number of rotatable bonds is 4. The first kappa shape index (κ1) is 14.2. The Morgan fingerprint density at radius 1 is 1.58 bits per heavy atom. The van der Waals surface area contributed by atoms with Gasteiger partial charge >= 0.3 is 5.97 Å². The molecule has 0 radical (unpaired) electrons. The van der Waals surface area contributed by atoms with Crippen LogP contribution in [0.1, 0.15) is 16.8 Å². The molecule has 2 rings (SSSR count). The van der Waals surface area contributed by atoms with Crippen LogP contribution in [0.25, 0.3) is 0 Å². The number of nitrogens with zero attached hydrogens (tertiary/aromatic N) is 2. The SMILES string of the molecule is CN1CCC(CN(C)c2ccc(Cl)cc2C(=O)O)C1. The molecule has 1 fully saturated rings. The van der Waals surface area contributed by atoms with Crippen LogP contribution >= 0.6 is 11.6 Å². The van der Waals surface area contributed by atoms with Crippen molar-refractivity contribution < 1.29 is 9.90 Å². The Balaban J connectivity index is 2.14. The Morgan fingerprint density at radius 2 is 2.32 bits per heavy atom. The standard InChI is InChI=1S/C14H19ClN2O2/c1-16-6-5-10(8-16)9-17(2)13-4-3-11(15)7-12(13)14(18)19/h3-4,7,10H,5-6,8-9H2,1-2H3,(H,18,19). The van der Waals surface area contributed by atoms with Crippen LogP contribution in [-0.4, -0.2) is 49.7 Å². The predicted octanol–water partition coefficient (Wildman–Crippen LogP) is 2.43. The summed E-state index contributed by atoms with van der Waals surface area (Å²) < 4.78 is 0. The fourth-order valence-electron chi connectivity index (χ4n) is 2.67. The van der Waals surface area contributed by atoms with Gasteiger partial charge in [-0.25, -0.2) is 4.79 Å². The number of carbonyl (C=O) groups is 1. The van der Waals surface area contributed by atoms with Gasteiger partial charge < -0.3 is 14.9 Å². The molecule has 1 atom stereocenters. The van der Waals surface area contributed by atoms with E-state index in [0.717, 1.165) is 31.7 Å². The number of benzene rings is 1. The van der Waals surface area contributed by atoms with Crippen molar-refractivity contribution in [2.75, 3.05) is 38.6 Å². The van der Waals surface area contributed by atoms with Crippen molar-refractivity contribution in [3.8, 4) is 0 Å². The molecule has 0 aliphatic carbocycles. The van der Waals surface area contributed by atoms with Gasteiger partial charge in [0.15, 0.2) is 0 Å². The van der Waals surface area contributed by atoms with Gasteiger partial charge in [-0.2, -0.15) is 0 Å². The highest BCUT2D eigenvalue weighted by atomic mass is 35.5. The van der Waals surface area contributed by atoms with Crippen LogP contribution in [-0.2, 0) is 0 Å². The van der Waals surface area contributed by atoms with Gasteiger partial charge in [0.05, 0.1) is 11.3 Å². The molecule has 0 aromatic heterocycles. The molecule has 1 aliphatic rings. The maximum absolute atomic E-state index is 11.3. The molecule has 1 aromatic carbocycles. The Morgan fingerprint density at radius 3 is 2.89 bits per heavy atom. The van der Waals surface area contributed by atoms with E-state index in [9.17, 15) is 9.90 Å². The molecule has 104 valence electrons. The molecular formula is C14H19ClN2O2. The zero-order valence-electron chi connectivity index (χ0n) is 11.3. The third kappa shape index (κ3) is 3.39. The fraction of sp³-hybridized carbons (Fsp3) is 0.500. The average molecular weight is 283 g/mol. The molecule has 4 nitrogen and oxygen atoms in total. The van der Waals surface area contributed by atoms with Gasteiger partial charge in [0.25, 0.3) is 0 Å². The van der Waals surface area contributed by atoms with E-state index < -0.39 is 5.97 Å². The van der Waals surface area contributed by atoms with Crippen molar-refractivity contribution >= 4 is 23.3 Å². The summed E-state index contributed by atoms with van der Waals surface area (Å²) in [4.78, 5) is 15.6. The Kier molecular flexibility index (Phi) is 4.32. The molecule has 1 N–H and O–H groups in total. The highest BCUT2D eigenvalue weighted by Crippen LogP contribution is 2.25. The topological polar surface area (TPSA) is 43.8 Å². The zero-order valence-corrected chi connectivity index (χ0v) is 12.0. The van der Waals surface area contributed by atoms with Crippen LogP contribution in [0.2, 0.25) is 5.02 Å². The van der Waals surface area contributed by atoms with Crippen molar-refractivity contribution in [1.29, 1.82) is 0 Å². The first-order chi connectivity index (χ1) is 8.97. The molecule has 1 heterocycles. The smallest absolute Gasteiger partial charge is 0.337 e. The molecule has 1 aliphatic heterocycles. The third-order valence-electron chi connectivity index (χ3n) is 3.62. The molecule has 5 heteroatoms. The van der Waals surface area contributed by atoms with E-state index in [4.69, 9.17) is 11.6 Å². The van der Waals surface area contributed by atoms with E-state index in [1.807, 2.05) is 11.9 Å². The van der Waals surface area contributed by atoms with E-state index >= 15 is 0 Å². The zero-order chi connectivity index (χ0) is 14.0. The first-order valence-corrected chi connectivity index (χ1v) is 6.77. The summed E-state index contributed by atoms with van der Waals surface area (Å²) in [6.07, 6.45) is 1.16. The van der Waals surface area contributed by atoms with E-state index in [2.05, 4.69) is 11.9 Å². The average Bonchev–Trinajstić information content (AvgIpc) is 2.74. The number of carboxylic acid groups (broad SMARTS) is 1. The summed E-state index contributed by atoms with van der Waals surface area (Å²) in [6, 6.07) is 5.03. The van der Waals surface area contributed by atoms with Crippen molar-refractivity contribution in [1.82, 2.24) is 4.90 Å². The summed E-state index contributed by atoms with van der Waals surface area (Å²) >= 11 is 5.87. The number of hydrogen-bond donors (Lipinski definition) is 1. The van der Waals surface area contributed by atoms with Crippen LogP contribution < -0.4 is 4.90 Å². The molecular weight excluding hydrogens is 264 g/mol. The number of anilines is 1. The molecule has 1 aromatic rings. The van der Waals surface area contributed by atoms with Gasteiger partial charge in [0, 0.05) is 25.2 Å². The lowest BCUT2D eigenvalue weighted by atomic mass is 10.1. The number of carboxylic acids is 1. The minimum atomic E-state index is -0.937. The number of hydrogen-bond acceptors (Lipinski definition) is 3. The van der Waals surface area contributed by atoms with E-state index in [1.165, 1.54) is 6.07 Å². The summed E-state index contributed by atoms with van der Waals surface area (Å²) in [5.41, 5.74) is 0.993. The molecule has 0 spiro atoms. The summed E-state index contributed by atoms with van der Waals surface area (Å²) in [7, 11) is 4.05. The Labute approximate surface area is 118 Å². The minimum absolute atomic E-state index is 0.265. The fourth-order valence-corrected chi connectivity index (χ4v) is 2.85. The lowest BCUT2D eigenvalue weighted by molar-refractivity contribution is 0.0697. The van der Waals surface area contributed by atoms with E-state index in [1.54, 1.807) is 12.1 Å². The van der Waals surface area contributed by atoms with E-state index in [0.29, 0.717) is 10.9 Å². The highest BCUT2D eigenvalue weighted by molar-refractivity contribution is 6.31. The van der Waals surface area contributed by atoms with Gasteiger partial charge in [0.2, 0.25) is 0 Å². The molecule has 1 saturated heterocycles. The van der Waals surface area contributed by atoms with Crippen molar-refractivity contribution in [3.63, 3.8) is 0 Å². The summed E-state index contributed by atoms with van der Waals surface area (Å²) in [5.74, 6) is -0.347. The molecule has 0 bridgehead atoms. The summed E-state index contributed by atoms with van der Waals surface area (Å²) in [5, 5.41) is 9.70. The molecule has 1 unspecified atom stereocenters. The third-order valence-corrected chi connectivity index (χ3v) is 3.86. The normalized spacial score (nSPS) is 19.6. The largest absolute Gasteiger partial charge is 0.478 e. The Hall–Kier alpha value is -1.26. The van der Waals surface area contributed by atoms with Crippen LogP contribution in [0.4, 0.5) is 5.69 Å². The number of halogens is 1. The predicted molar refractivity (Wildman–Crippen MR) is 77.3 cm³/mol. The number of aromatic carboxylic acids is 1. The number of likely N-dealkylation sites (tertiary alicyclic amines) is 1. The minimum Gasteiger partial charge on any atom is -0.478 e. The van der Waals surface area contributed by atoms with Gasteiger partial charge in [0.1, 0.15) is 0 Å². The lowest BCUT2D eigenvalue weighted by Gasteiger charge is -2.24. The van der Waals surface area contributed by atoms with E-state index in [-0.39, 0.29) is 5.56 Å². The second-order valence-electron chi connectivity index (χ2n) is 5.26. The molecule has 0 saturated carbocycles. The second-order valence-corrected chi connectivity index (χ2v) is 5.70. The lowest BCUT2D eigenvalue weighted by Crippen LogP contribution is -2.28. The maximum atomic E-state index is 11.3. The van der Waals surface area contributed by atoms with Crippen molar-refractivity contribution in [2.24, 2.45) is 5.92 Å². The van der Waals surface area contributed by atoms with Crippen molar-refractivity contribution in [3.05, 3.63) is 28.8 Å². The van der Waals surface area contributed by atoms with Crippen LogP contribution in [0, 0.1) is 5.92 Å². The van der Waals surface area contributed by atoms with Crippen LogP contribution in [0.15, 0.2) is 18.2 Å². The summed E-state index contributed by atoms with van der Waals surface area (Å²) in [6.45, 7) is 3.05. The quantitative estimate of drug-likeness (QED) is 0.921.